The Balaban J connectivity index is 1.83. The van der Waals surface area contributed by atoms with Gasteiger partial charge in [-0.3, -0.25) is 5.10 Å². The number of thiophene rings is 1. The van der Waals surface area contributed by atoms with Crippen LogP contribution in [0.15, 0.2) is 12.3 Å². The van der Waals surface area contributed by atoms with Crippen LogP contribution >= 0.6 is 11.3 Å². The summed E-state index contributed by atoms with van der Waals surface area (Å²) in [6, 6.07) is 1.76. The number of carbonyl (C=O) groups excluding carboxylic acids is 1. The number of aromatic nitrogens is 2. The molecule has 2 heterocycles. The highest BCUT2D eigenvalue weighted by Gasteiger charge is 2.14. The number of H-pyrrole nitrogens is 1. The van der Waals surface area contributed by atoms with E-state index in [2.05, 4.69) is 20.3 Å². The van der Waals surface area contributed by atoms with Gasteiger partial charge in [-0.1, -0.05) is 0 Å². The van der Waals surface area contributed by atoms with Gasteiger partial charge in [-0.2, -0.15) is 5.10 Å². The van der Waals surface area contributed by atoms with E-state index in [4.69, 9.17) is 5.73 Å². The molecule has 0 amide bonds. The van der Waals surface area contributed by atoms with Crippen molar-refractivity contribution in [3.05, 3.63) is 28.4 Å². The largest absolute Gasteiger partial charge is 0.465 e. The monoisotopic (exact) mass is 294 g/mol. The van der Waals surface area contributed by atoms with Crippen LogP contribution < -0.4 is 11.1 Å². The van der Waals surface area contributed by atoms with E-state index >= 15 is 0 Å². The van der Waals surface area contributed by atoms with Crippen molar-refractivity contribution in [2.45, 2.75) is 19.8 Å². The molecule has 0 fully saturated rings. The lowest BCUT2D eigenvalue weighted by molar-refractivity contribution is 0.0607. The van der Waals surface area contributed by atoms with Crippen LogP contribution in [-0.2, 0) is 11.2 Å². The zero-order valence-corrected chi connectivity index (χ0v) is 12.3. The maximum Gasteiger partial charge on any atom is 0.350 e. The molecule has 0 saturated carbocycles. The van der Waals surface area contributed by atoms with Crippen LogP contribution in [0.2, 0.25) is 0 Å². The zero-order chi connectivity index (χ0) is 14.5. The standard InChI is InChI=1S/C13H18N4O2S/c1-8-9(7-16-17-8)4-3-5-15-11-6-10(14)12(20-11)13(18)19-2/h6-7,15H,3-5,14H2,1-2H3,(H,16,17). The second-order valence-electron chi connectivity index (χ2n) is 4.44. The SMILES string of the molecule is COC(=O)c1sc(NCCCc2cn[nH]c2C)cc1N. The first-order chi connectivity index (χ1) is 9.61. The lowest BCUT2D eigenvalue weighted by atomic mass is 10.1. The lowest BCUT2D eigenvalue weighted by Crippen LogP contribution is -2.01. The molecule has 0 unspecified atom stereocenters. The van der Waals surface area contributed by atoms with Gasteiger partial charge in [-0.25, -0.2) is 4.79 Å². The normalized spacial score (nSPS) is 10.5. The van der Waals surface area contributed by atoms with Crippen molar-refractivity contribution >= 4 is 28.0 Å². The van der Waals surface area contributed by atoms with Crippen molar-refractivity contribution in [2.24, 2.45) is 0 Å². The Bertz CT molecular complexity index is 591. The van der Waals surface area contributed by atoms with Gasteiger partial charge in [0.25, 0.3) is 0 Å². The summed E-state index contributed by atoms with van der Waals surface area (Å²) in [6.07, 6.45) is 3.79. The fourth-order valence-electron chi connectivity index (χ4n) is 1.86. The first-order valence-corrected chi connectivity index (χ1v) is 7.13. The summed E-state index contributed by atoms with van der Waals surface area (Å²) in [7, 11) is 1.35. The van der Waals surface area contributed by atoms with Gasteiger partial charge in [-0.15, -0.1) is 11.3 Å². The molecule has 2 aromatic rings. The fourth-order valence-corrected chi connectivity index (χ4v) is 2.79. The Morgan fingerprint density at radius 2 is 2.40 bits per heavy atom. The number of rotatable bonds is 6. The van der Waals surface area contributed by atoms with Crippen LogP contribution in [-0.4, -0.2) is 29.8 Å². The van der Waals surface area contributed by atoms with E-state index in [0.717, 1.165) is 30.1 Å². The van der Waals surface area contributed by atoms with Crippen LogP contribution in [0, 0.1) is 6.92 Å². The van der Waals surface area contributed by atoms with Gasteiger partial charge in [0.05, 0.1) is 24.0 Å². The Kier molecular flexibility index (Phi) is 4.62. The predicted molar refractivity (Wildman–Crippen MR) is 80.2 cm³/mol. The number of methoxy groups -OCH3 is 1. The van der Waals surface area contributed by atoms with E-state index in [1.54, 1.807) is 6.07 Å². The third kappa shape index (κ3) is 3.30. The number of esters is 1. The van der Waals surface area contributed by atoms with E-state index in [9.17, 15) is 4.79 Å². The summed E-state index contributed by atoms with van der Waals surface area (Å²) in [5, 5.41) is 11.1. The molecule has 0 aromatic carbocycles. The summed E-state index contributed by atoms with van der Waals surface area (Å²) in [6.45, 7) is 2.82. The molecule has 4 N–H and O–H groups in total. The van der Waals surface area contributed by atoms with Gasteiger partial charge >= 0.3 is 5.97 Å². The molecule has 0 spiro atoms. The molecule has 0 saturated heterocycles. The first kappa shape index (κ1) is 14.4. The Morgan fingerprint density at radius 1 is 1.60 bits per heavy atom. The van der Waals surface area contributed by atoms with Crippen molar-refractivity contribution in [3.8, 4) is 0 Å². The molecule has 2 rings (SSSR count). The predicted octanol–water partition coefficient (Wildman–Crippen LogP) is 2.19. The minimum Gasteiger partial charge on any atom is -0.465 e. The Hall–Kier alpha value is -2.02. The van der Waals surface area contributed by atoms with Crippen LogP contribution in [0.4, 0.5) is 10.7 Å². The van der Waals surface area contributed by atoms with Crippen molar-refractivity contribution < 1.29 is 9.53 Å². The van der Waals surface area contributed by atoms with Crippen molar-refractivity contribution in [3.63, 3.8) is 0 Å². The van der Waals surface area contributed by atoms with E-state index in [0.29, 0.717) is 10.6 Å². The summed E-state index contributed by atoms with van der Waals surface area (Å²) < 4.78 is 4.67. The number of ether oxygens (including phenoxy) is 1. The zero-order valence-electron chi connectivity index (χ0n) is 11.5. The van der Waals surface area contributed by atoms with Gasteiger partial charge in [0.15, 0.2) is 0 Å². The smallest absolute Gasteiger partial charge is 0.350 e. The number of nitrogens with one attached hydrogen (secondary N) is 2. The van der Waals surface area contributed by atoms with E-state index in [-0.39, 0.29) is 0 Å². The van der Waals surface area contributed by atoms with Crippen molar-refractivity contribution in [1.82, 2.24) is 10.2 Å². The number of anilines is 2. The van der Waals surface area contributed by atoms with Crippen LogP contribution in [0.3, 0.4) is 0 Å². The number of aryl methyl sites for hydroxylation is 2. The van der Waals surface area contributed by atoms with E-state index in [1.807, 2.05) is 13.1 Å². The number of hydrogen-bond donors (Lipinski definition) is 3. The van der Waals surface area contributed by atoms with E-state index < -0.39 is 5.97 Å². The molecular weight excluding hydrogens is 276 g/mol. The van der Waals surface area contributed by atoms with Gasteiger partial charge in [0.1, 0.15) is 4.88 Å². The Labute approximate surface area is 121 Å². The first-order valence-electron chi connectivity index (χ1n) is 6.32. The molecular formula is C13H18N4O2S. The molecule has 0 bridgehead atoms. The van der Waals surface area contributed by atoms with Crippen molar-refractivity contribution in [2.75, 3.05) is 24.7 Å². The highest BCUT2D eigenvalue weighted by Crippen LogP contribution is 2.29. The molecule has 6 nitrogen and oxygen atoms in total. The number of aromatic amines is 1. The molecule has 0 atom stereocenters. The average molecular weight is 294 g/mol. The minimum absolute atomic E-state index is 0.394. The fraction of sp³-hybridized carbons (Fsp3) is 0.385. The second kappa shape index (κ2) is 6.42. The molecule has 0 aliphatic heterocycles. The maximum absolute atomic E-state index is 11.4. The maximum atomic E-state index is 11.4. The number of nitrogens with two attached hydrogens (primary N) is 1. The number of carbonyl (C=O) groups is 1. The molecule has 0 radical (unpaired) electrons. The van der Waals surface area contributed by atoms with E-state index in [1.165, 1.54) is 24.0 Å². The molecule has 20 heavy (non-hydrogen) atoms. The highest BCUT2D eigenvalue weighted by molar-refractivity contribution is 7.18. The topological polar surface area (TPSA) is 93.0 Å². The molecule has 0 aliphatic carbocycles. The van der Waals surface area contributed by atoms with Gasteiger partial charge < -0.3 is 15.8 Å². The number of nitrogen functional groups attached to an aromatic ring is 1. The quantitative estimate of drug-likeness (QED) is 0.561. The number of hydrogen-bond acceptors (Lipinski definition) is 6. The van der Waals surface area contributed by atoms with Crippen LogP contribution in [0.25, 0.3) is 0 Å². The third-order valence-electron chi connectivity index (χ3n) is 2.99. The van der Waals surface area contributed by atoms with Crippen molar-refractivity contribution in [1.29, 1.82) is 0 Å². The van der Waals surface area contributed by atoms with Gasteiger partial charge in [0, 0.05) is 12.2 Å². The Morgan fingerprint density at radius 3 is 3.05 bits per heavy atom. The number of nitrogens with zero attached hydrogens (tertiary/aromatic N) is 1. The summed E-state index contributed by atoms with van der Waals surface area (Å²) in [5.74, 6) is -0.394. The summed E-state index contributed by atoms with van der Waals surface area (Å²) >= 11 is 1.31. The third-order valence-corrected chi connectivity index (χ3v) is 4.08. The summed E-state index contributed by atoms with van der Waals surface area (Å²) in [5.41, 5.74) is 8.57. The molecule has 0 aliphatic rings. The second-order valence-corrected chi connectivity index (χ2v) is 5.49. The molecule has 7 heteroatoms. The van der Waals surface area contributed by atoms with Crippen LogP contribution in [0.5, 0.6) is 0 Å². The molecule has 108 valence electrons. The van der Waals surface area contributed by atoms with Gasteiger partial charge in [-0.05, 0) is 31.4 Å². The minimum atomic E-state index is -0.394. The average Bonchev–Trinajstić information content (AvgIpc) is 3.00. The highest BCUT2D eigenvalue weighted by atomic mass is 32.1. The lowest BCUT2D eigenvalue weighted by Gasteiger charge is -2.02. The van der Waals surface area contributed by atoms with Gasteiger partial charge in [0.2, 0.25) is 0 Å². The van der Waals surface area contributed by atoms with Crippen LogP contribution in [0.1, 0.15) is 27.3 Å². The summed E-state index contributed by atoms with van der Waals surface area (Å²) in [4.78, 5) is 11.9. The molecule has 2 aromatic heterocycles.